The molecule has 0 aliphatic carbocycles. The Kier molecular flexibility index (Phi) is 8.06. The van der Waals surface area contributed by atoms with Gasteiger partial charge in [-0.2, -0.15) is 0 Å². The van der Waals surface area contributed by atoms with E-state index in [0.29, 0.717) is 0 Å². The van der Waals surface area contributed by atoms with Gasteiger partial charge in [-0.3, -0.25) is 0 Å². The quantitative estimate of drug-likeness (QED) is 0.395. The molecule has 1 heterocycles. The first kappa shape index (κ1) is 18.8. The Morgan fingerprint density at radius 1 is 0.952 bits per heavy atom. The van der Waals surface area contributed by atoms with Gasteiger partial charge in [-0.05, 0) is 61.3 Å². The molecule has 1 nitrogen and oxygen atoms in total. The lowest BCUT2D eigenvalue weighted by atomic mass is 9.93. The molecule has 21 heavy (non-hydrogen) atoms. The second-order valence-corrected chi connectivity index (χ2v) is 13.4. The van der Waals surface area contributed by atoms with Crippen LogP contribution in [0.4, 0.5) is 0 Å². The van der Waals surface area contributed by atoms with Crippen molar-refractivity contribution in [2.75, 3.05) is 13.1 Å². The van der Waals surface area contributed by atoms with Crippen molar-refractivity contribution >= 4 is 8.07 Å². The van der Waals surface area contributed by atoms with Crippen molar-refractivity contribution in [2.24, 2.45) is 5.92 Å². The van der Waals surface area contributed by atoms with E-state index in [1.54, 1.807) is 0 Å². The fraction of sp³-hybridized carbons (Fsp3) is 0.895. The predicted octanol–water partition coefficient (Wildman–Crippen LogP) is 5.38. The third kappa shape index (κ3) is 5.15. The first-order chi connectivity index (χ1) is 9.91. The Bertz CT molecular complexity index is 321. The SMILES string of the molecule is CC(C)[Si](C#CCCCC1CCNCC1)(C(C)C)C(C)C. The van der Waals surface area contributed by atoms with Crippen LogP contribution >= 0.6 is 0 Å². The molecule has 0 saturated carbocycles. The van der Waals surface area contributed by atoms with Crippen LogP contribution in [0, 0.1) is 17.4 Å². The molecule has 0 atom stereocenters. The maximum Gasteiger partial charge on any atom is 0.145 e. The number of hydrogen-bond acceptors (Lipinski definition) is 1. The zero-order valence-electron chi connectivity index (χ0n) is 15.3. The van der Waals surface area contributed by atoms with Gasteiger partial charge in [-0.1, -0.05) is 41.5 Å². The van der Waals surface area contributed by atoms with Crippen molar-refractivity contribution in [3.05, 3.63) is 0 Å². The highest BCUT2D eigenvalue weighted by molar-refractivity contribution is 6.90. The first-order valence-electron chi connectivity index (χ1n) is 9.12. The van der Waals surface area contributed by atoms with E-state index in [-0.39, 0.29) is 0 Å². The van der Waals surface area contributed by atoms with Crippen LogP contribution in [-0.2, 0) is 0 Å². The maximum absolute atomic E-state index is 3.85. The van der Waals surface area contributed by atoms with Gasteiger partial charge in [-0.15, -0.1) is 11.5 Å². The van der Waals surface area contributed by atoms with Gasteiger partial charge in [0.2, 0.25) is 0 Å². The summed E-state index contributed by atoms with van der Waals surface area (Å²) in [5.74, 6) is 4.56. The van der Waals surface area contributed by atoms with Crippen molar-refractivity contribution in [1.29, 1.82) is 0 Å². The van der Waals surface area contributed by atoms with Crippen molar-refractivity contribution in [3.8, 4) is 11.5 Å². The molecule has 1 saturated heterocycles. The zero-order valence-corrected chi connectivity index (χ0v) is 16.3. The standard InChI is InChI=1S/C19H37NSi/c1-16(2)21(17(3)4,18(5)6)15-9-7-8-10-19-11-13-20-14-12-19/h16-20H,7-8,10-14H2,1-6H3. The first-order valence-corrected chi connectivity index (χ1v) is 11.3. The number of rotatable bonds is 6. The minimum absolute atomic E-state index is 0.759. The number of piperidine rings is 1. The van der Waals surface area contributed by atoms with E-state index >= 15 is 0 Å². The summed E-state index contributed by atoms with van der Waals surface area (Å²) in [6, 6.07) is 0. The lowest BCUT2D eigenvalue weighted by Crippen LogP contribution is -2.43. The second-order valence-electron chi connectivity index (χ2n) is 7.78. The minimum Gasteiger partial charge on any atom is -0.317 e. The van der Waals surface area contributed by atoms with Crippen LogP contribution in [0.3, 0.4) is 0 Å². The Morgan fingerprint density at radius 3 is 1.95 bits per heavy atom. The summed E-state index contributed by atoms with van der Waals surface area (Å²) < 4.78 is 0. The monoisotopic (exact) mass is 307 g/mol. The van der Waals surface area contributed by atoms with Crippen LogP contribution < -0.4 is 5.32 Å². The predicted molar refractivity (Wildman–Crippen MR) is 98.3 cm³/mol. The molecule has 0 aromatic carbocycles. The molecule has 1 N–H and O–H groups in total. The van der Waals surface area contributed by atoms with Gasteiger partial charge in [0.05, 0.1) is 0 Å². The van der Waals surface area contributed by atoms with Crippen molar-refractivity contribution in [2.45, 2.75) is 90.3 Å². The fourth-order valence-corrected chi connectivity index (χ4v) is 9.60. The van der Waals surface area contributed by atoms with Gasteiger partial charge in [0.1, 0.15) is 8.07 Å². The highest BCUT2D eigenvalue weighted by Gasteiger charge is 2.41. The normalized spacial score (nSPS) is 17.4. The fourth-order valence-electron chi connectivity index (χ4n) is 4.30. The van der Waals surface area contributed by atoms with E-state index < -0.39 is 8.07 Å². The molecule has 1 rings (SSSR count). The third-order valence-corrected chi connectivity index (χ3v) is 11.9. The van der Waals surface area contributed by atoms with Gasteiger partial charge in [0, 0.05) is 6.42 Å². The lowest BCUT2D eigenvalue weighted by Gasteiger charge is -2.38. The number of nitrogens with one attached hydrogen (secondary N) is 1. The highest BCUT2D eigenvalue weighted by atomic mass is 28.3. The maximum atomic E-state index is 3.85. The summed E-state index contributed by atoms with van der Waals surface area (Å²) in [6.07, 6.45) is 6.55. The molecule has 1 aliphatic rings. The zero-order chi connectivity index (χ0) is 15.9. The highest BCUT2D eigenvalue weighted by Crippen LogP contribution is 2.40. The van der Waals surface area contributed by atoms with Crippen molar-refractivity contribution in [1.82, 2.24) is 5.32 Å². The largest absolute Gasteiger partial charge is 0.317 e. The van der Waals surface area contributed by atoms with Gasteiger partial charge < -0.3 is 5.32 Å². The van der Waals surface area contributed by atoms with Crippen LogP contribution in [0.1, 0.15) is 73.6 Å². The molecule has 122 valence electrons. The molecule has 0 unspecified atom stereocenters. The Hall–Kier alpha value is -0.263. The van der Waals surface area contributed by atoms with Gasteiger partial charge >= 0.3 is 0 Å². The molecule has 0 aromatic heterocycles. The molecular weight excluding hydrogens is 270 g/mol. The van der Waals surface area contributed by atoms with E-state index in [9.17, 15) is 0 Å². The molecule has 2 heteroatoms. The molecule has 0 aromatic rings. The molecule has 0 spiro atoms. The third-order valence-electron chi connectivity index (χ3n) is 5.54. The molecule has 1 aliphatic heterocycles. The molecule has 0 bridgehead atoms. The Morgan fingerprint density at radius 2 is 1.48 bits per heavy atom. The van der Waals surface area contributed by atoms with E-state index in [0.717, 1.165) is 29.0 Å². The second kappa shape index (κ2) is 9.01. The van der Waals surface area contributed by atoms with Crippen LogP contribution in [0.15, 0.2) is 0 Å². The Labute approximate surface area is 134 Å². The average molecular weight is 308 g/mol. The summed E-state index contributed by atoms with van der Waals surface area (Å²) in [6.45, 7) is 16.8. The van der Waals surface area contributed by atoms with Gasteiger partial charge in [0.25, 0.3) is 0 Å². The van der Waals surface area contributed by atoms with Gasteiger partial charge in [0.15, 0.2) is 0 Å². The van der Waals surface area contributed by atoms with Crippen molar-refractivity contribution in [3.63, 3.8) is 0 Å². The number of hydrogen-bond donors (Lipinski definition) is 1. The van der Waals surface area contributed by atoms with Crippen LogP contribution in [-0.4, -0.2) is 21.2 Å². The summed E-state index contributed by atoms with van der Waals surface area (Å²) in [5, 5.41) is 3.45. The average Bonchev–Trinajstić information content (AvgIpc) is 2.42. The van der Waals surface area contributed by atoms with Crippen LogP contribution in [0.25, 0.3) is 0 Å². The molecular formula is C19H37NSi. The summed E-state index contributed by atoms with van der Waals surface area (Å²) >= 11 is 0. The van der Waals surface area contributed by atoms with Crippen LogP contribution in [0.2, 0.25) is 16.6 Å². The molecule has 1 fully saturated rings. The van der Waals surface area contributed by atoms with Gasteiger partial charge in [-0.25, -0.2) is 0 Å². The molecule has 0 amide bonds. The summed E-state index contributed by atoms with van der Waals surface area (Å²) in [4.78, 5) is 0. The topological polar surface area (TPSA) is 12.0 Å². The number of unbranched alkanes of at least 4 members (excludes halogenated alkanes) is 1. The van der Waals surface area contributed by atoms with E-state index in [1.165, 1.54) is 38.8 Å². The van der Waals surface area contributed by atoms with Crippen molar-refractivity contribution < 1.29 is 0 Å². The van der Waals surface area contributed by atoms with E-state index in [4.69, 9.17) is 0 Å². The minimum atomic E-state index is -1.49. The summed E-state index contributed by atoms with van der Waals surface area (Å²) in [7, 11) is -1.49. The van der Waals surface area contributed by atoms with E-state index in [1.807, 2.05) is 0 Å². The smallest absolute Gasteiger partial charge is 0.145 e. The van der Waals surface area contributed by atoms with E-state index in [2.05, 4.69) is 58.3 Å². The molecule has 0 radical (unpaired) electrons. The summed E-state index contributed by atoms with van der Waals surface area (Å²) in [5.41, 5.74) is 6.12. The van der Waals surface area contributed by atoms with Crippen LogP contribution in [0.5, 0.6) is 0 Å². The Balaban J connectivity index is 2.52. The lowest BCUT2D eigenvalue weighted by molar-refractivity contribution is 0.348.